The average Bonchev–Trinajstić information content (AvgIpc) is 2.89. The second-order valence-corrected chi connectivity index (χ2v) is 4.70. The molecule has 6 heteroatoms. The fraction of sp³-hybridized carbons (Fsp3) is 0.200. The number of hydrogen-bond donors (Lipinski definition) is 0. The number of fused-ring (bicyclic) bond motifs is 3. The SMILES string of the molecule is COC(=O)C1=CC(C#N)(C#N)N2N=Cc3ccccc3C12. The largest absolute Gasteiger partial charge is 0.466 e. The number of nitriles is 2. The molecule has 1 aromatic carbocycles. The number of hydrazone groups is 1. The number of carbonyl (C=O) groups is 1. The van der Waals surface area contributed by atoms with Gasteiger partial charge in [0.05, 0.1) is 18.9 Å². The molecule has 6 nitrogen and oxygen atoms in total. The lowest BCUT2D eigenvalue weighted by molar-refractivity contribution is -0.136. The van der Waals surface area contributed by atoms with E-state index in [9.17, 15) is 15.3 Å². The first-order valence-corrected chi connectivity index (χ1v) is 6.22. The van der Waals surface area contributed by atoms with E-state index in [1.165, 1.54) is 18.2 Å². The van der Waals surface area contributed by atoms with Crippen LogP contribution in [-0.2, 0) is 9.53 Å². The molecule has 0 saturated heterocycles. The summed E-state index contributed by atoms with van der Waals surface area (Å²) in [5.74, 6) is -0.565. The summed E-state index contributed by atoms with van der Waals surface area (Å²) in [7, 11) is 1.27. The summed E-state index contributed by atoms with van der Waals surface area (Å²) >= 11 is 0. The van der Waals surface area contributed by atoms with E-state index in [1.54, 1.807) is 6.21 Å². The third-order valence-electron chi connectivity index (χ3n) is 3.64. The first kappa shape index (κ1) is 12.9. The van der Waals surface area contributed by atoms with Crippen molar-refractivity contribution in [3.63, 3.8) is 0 Å². The maximum atomic E-state index is 12.0. The van der Waals surface area contributed by atoms with Crippen molar-refractivity contribution in [3.8, 4) is 12.1 Å². The van der Waals surface area contributed by atoms with Gasteiger partial charge in [-0.05, 0) is 11.6 Å². The summed E-state index contributed by atoms with van der Waals surface area (Å²) in [6, 6.07) is 10.7. The van der Waals surface area contributed by atoms with Gasteiger partial charge in [0.2, 0.25) is 5.54 Å². The zero-order valence-electron chi connectivity index (χ0n) is 11.1. The fourth-order valence-electron chi connectivity index (χ4n) is 2.64. The van der Waals surface area contributed by atoms with Crippen LogP contribution in [0.5, 0.6) is 0 Å². The van der Waals surface area contributed by atoms with E-state index in [4.69, 9.17) is 4.74 Å². The Bertz CT molecular complexity index is 753. The van der Waals surface area contributed by atoms with Crippen molar-refractivity contribution in [1.29, 1.82) is 10.5 Å². The van der Waals surface area contributed by atoms with Crippen LogP contribution in [0, 0.1) is 22.7 Å². The Kier molecular flexibility index (Phi) is 2.74. The summed E-state index contributed by atoms with van der Waals surface area (Å²) in [6.45, 7) is 0. The van der Waals surface area contributed by atoms with Crippen molar-refractivity contribution in [2.75, 3.05) is 7.11 Å². The van der Waals surface area contributed by atoms with Crippen LogP contribution in [0.2, 0.25) is 0 Å². The first-order valence-electron chi connectivity index (χ1n) is 6.22. The van der Waals surface area contributed by atoms with Gasteiger partial charge in [0.15, 0.2) is 0 Å². The quantitative estimate of drug-likeness (QED) is 0.722. The van der Waals surface area contributed by atoms with Crippen LogP contribution in [0.4, 0.5) is 0 Å². The molecule has 2 aliphatic heterocycles. The van der Waals surface area contributed by atoms with Gasteiger partial charge < -0.3 is 4.74 Å². The Hall–Kier alpha value is -3.12. The van der Waals surface area contributed by atoms with Crippen molar-refractivity contribution in [2.24, 2.45) is 5.10 Å². The standard InChI is InChI=1S/C15H10N4O2/c1-21-14(20)12-6-15(8-16,9-17)19-13(12)11-5-3-2-4-10(11)7-18-19/h2-7,13H,1H3. The van der Waals surface area contributed by atoms with Gasteiger partial charge >= 0.3 is 5.97 Å². The highest BCUT2D eigenvalue weighted by Gasteiger charge is 2.51. The van der Waals surface area contributed by atoms with Crippen LogP contribution in [-0.4, -0.2) is 29.8 Å². The van der Waals surface area contributed by atoms with E-state index < -0.39 is 17.6 Å². The molecular weight excluding hydrogens is 268 g/mol. The molecule has 1 atom stereocenters. The van der Waals surface area contributed by atoms with Gasteiger partial charge in [-0.1, -0.05) is 24.3 Å². The van der Waals surface area contributed by atoms with Gasteiger partial charge in [-0.2, -0.15) is 15.6 Å². The first-order chi connectivity index (χ1) is 10.2. The molecule has 0 bridgehead atoms. The highest BCUT2D eigenvalue weighted by atomic mass is 16.5. The fourth-order valence-corrected chi connectivity index (χ4v) is 2.64. The molecule has 2 aliphatic rings. The normalized spacial score (nSPS) is 20.6. The highest BCUT2D eigenvalue weighted by Crippen LogP contribution is 2.45. The third-order valence-corrected chi connectivity index (χ3v) is 3.64. The molecule has 0 saturated carbocycles. The Morgan fingerprint density at radius 2 is 2.10 bits per heavy atom. The number of rotatable bonds is 1. The van der Waals surface area contributed by atoms with E-state index >= 15 is 0 Å². The topological polar surface area (TPSA) is 89.5 Å². The molecule has 0 radical (unpaired) electrons. The molecule has 21 heavy (non-hydrogen) atoms. The molecule has 0 amide bonds. The maximum Gasteiger partial charge on any atom is 0.336 e. The Balaban J connectivity index is 2.23. The van der Waals surface area contributed by atoms with Gasteiger partial charge in [0, 0.05) is 5.56 Å². The van der Waals surface area contributed by atoms with Crippen molar-refractivity contribution in [2.45, 2.75) is 11.6 Å². The Morgan fingerprint density at radius 3 is 2.76 bits per heavy atom. The molecule has 3 rings (SSSR count). The lowest BCUT2D eigenvalue weighted by atomic mass is 9.95. The number of esters is 1. The molecule has 0 aromatic heterocycles. The lowest BCUT2D eigenvalue weighted by Crippen LogP contribution is -2.41. The van der Waals surface area contributed by atoms with Gasteiger partial charge in [0.25, 0.3) is 0 Å². The second-order valence-electron chi connectivity index (χ2n) is 4.70. The summed E-state index contributed by atoms with van der Waals surface area (Å²) in [4.78, 5) is 12.0. The van der Waals surface area contributed by atoms with Crippen LogP contribution >= 0.6 is 0 Å². The number of benzene rings is 1. The molecule has 0 spiro atoms. The summed E-state index contributed by atoms with van der Waals surface area (Å²) in [5, 5.41) is 24.3. The highest BCUT2D eigenvalue weighted by molar-refractivity contribution is 5.94. The van der Waals surface area contributed by atoms with Crippen molar-refractivity contribution in [1.82, 2.24) is 5.01 Å². The predicted molar refractivity (Wildman–Crippen MR) is 72.7 cm³/mol. The minimum absolute atomic E-state index is 0.255. The van der Waals surface area contributed by atoms with E-state index in [0.29, 0.717) is 0 Å². The molecule has 0 fully saturated rings. The molecule has 2 heterocycles. The molecule has 1 aromatic rings. The predicted octanol–water partition coefficient (Wildman–Crippen LogP) is 1.28. The maximum absolute atomic E-state index is 12.0. The molecule has 102 valence electrons. The van der Waals surface area contributed by atoms with Crippen LogP contribution in [0.3, 0.4) is 0 Å². The van der Waals surface area contributed by atoms with E-state index in [2.05, 4.69) is 5.10 Å². The summed E-state index contributed by atoms with van der Waals surface area (Å²) in [6.07, 6.45) is 2.92. The third kappa shape index (κ3) is 1.63. The van der Waals surface area contributed by atoms with E-state index in [0.717, 1.165) is 11.1 Å². The zero-order chi connectivity index (χ0) is 15.0. The molecule has 0 aliphatic carbocycles. The Morgan fingerprint density at radius 1 is 1.38 bits per heavy atom. The second kappa shape index (κ2) is 4.46. The lowest BCUT2D eigenvalue weighted by Gasteiger charge is -2.33. The summed E-state index contributed by atoms with van der Waals surface area (Å²) in [5.41, 5.74) is 0.319. The van der Waals surface area contributed by atoms with Crippen molar-refractivity contribution in [3.05, 3.63) is 47.0 Å². The number of hydrogen-bond acceptors (Lipinski definition) is 6. The minimum Gasteiger partial charge on any atom is -0.466 e. The van der Waals surface area contributed by atoms with Gasteiger partial charge in [-0.15, -0.1) is 0 Å². The number of methoxy groups -OCH3 is 1. The van der Waals surface area contributed by atoms with Gasteiger partial charge in [0.1, 0.15) is 18.2 Å². The molecular formula is C15H10N4O2. The van der Waals surface area contributed by atoms with Crippen LogP contribution in [0.1, 0.15) is 17.2 Å². The zero-order valence-corrected chi connectivity index (χ0v) is 11.1. The molecule has 1 unspecified atom stereocenters. The number of ether oxygens (including phenoxy) is 1. The number of carbonyl (C=O) groups excluding carboxylic acids is 1. The smallest absolute Gasteiger partial charge is 0.336 e. The average molecular weight is 278 g/mol. The monoisotopic (exact) mass is 278 g/mol. The minimum atomic E-state index is -1.60. The number of nitrogens with zero attached hydrogens (tertiary/aromatic N) is 4. The van der Waals surface area contributed by atoms with Gasteiger partial charge in [-0.3, -0.25) is 0 Å². The summed E-state index contributed by atoms with van der Waals surface area (Å²) < 4.78 is 4.78. The van der Waals surface area contributed by atoms with E-state index in [-0.39, 0.29) is 5.57 Å². The Labute approximate surface area is 121 Å². The van der Waals surface area contributed by atoms with Crippen LogP contribution < -0.4 is 0 Å². The molecule has 0 N–H and O–H groups in total. The van der Waals surface area contributed by atoms with Crippen molar-refractivity contribution >= 4 is 12.2 Å². The van der Waals surface area contributed by atoms with E-state index in [1.807, 2.05) is 36.4 Å². The van der Waals surface area contributed by atoms with Crippen LogP contribution in [0.15, 0.2) is 41.0 Å². The van der Waals surface area contributed by atoms with Crippen LogP contribution in [0.25, 0.3) is 0 Å². The van der Waals surface area contributed by atoms with Crippen molar-refractivity contribution < 1.29 is 9.53 Å². The van der Waals surface area contributed by atoms with Gasteiger partial charge in [-0.25, -0.2) is 9.80 Å².